The van der Waals surface area contributed by atoms with E-state index in [1.54, 1.807) is 12.1 Å². The van der Waals surface area contributed by atoms with Crippen molar-refractivity contribution >= 4 is 17.4 Å². The molecule has 1 amide bonds. The second kappa shape index (κ2) is 10.6. The van der Waals surface area contributed by atoms with E-state index in [2.05, 4.69) is 59.5 Å². The third kappa shape index (κ3) is 4.19. The second-order valence-corrected chi connectivity index (χ2v) is 16.7. The zero-order valence-electron chi connectivity index (χ0n) is 28.0. The summed E-state index contributed by atoms with van der Waals surface area (Å²) in [5, 5.41) is 22.1. The Bertz CT molecular complexity index is 1380. The predicted octanol–water partition coefficient (Wildman–Crippen LogP) is 8.14. The number of carbonyl (C=O) groups is 2. The first-order valence-electron chi connectivity index (χ1n) is 17.3. The standard InChI is InChI=1S/C39H55NO4/c1-24(2)27-14-19-39(34(44)40-22-23-41)21-20-37(6)29(32(27)39)12-13-31-36(5)17-15-28(25-8-10-26(11-9-25)33(42)43)35(3,4)30(36)16-18-38(31,37)7/h8-11,15,27,29-32,41H,1,12-14,16-23H2,2-7H3,(H,40,44)(H,42,43)/t27-,29+,30?,31?,32?,36-,37+,38+,39-/m0/s1. The van der Waals surface area contributed by atoms with Gasteiger partial charge in [-0.1, -0.05) is 65.0 Å². The topological polar surface area (TPSA) is 86.6 Å². The van der Waals surface area contributed by atoms with E-state index >= 15 is 0 Å². The first-order valence-corrected chi connectivity index (χ1v) is 17.3. The second-order valence-electron chi connectivity index (χ2n) is 16.7. The summed E-state index contributed by atoms with van der Waals surface area (Å²) in [4.78, 5) is 25.4. The molecule has 9 atom stereocenters. The Morgan fingerprint density at radius 1 is 0.909 bits per heavy atom. The number of aliphatic hydroxyl groups excluding tert-OH is 1. The van der Waals surface area contributed by atoms with E-state index in [-0.39, 0.29) is 39.6 Å². The van der Waals surface area contributed by atoms with Crippen molar-refractivity contribution in [2.45, 2.75) is 99.3 Å². The molecule has 4 fully saturated rings. The van der Waals surface area contributed by atoms with Gasteiger partial charge >= 0.3 is 5.97 Å². The van der Waals surface area contributed by atoms with E-state index < -0.39 is 5.97 Å². The Hall–Kier alpha value is -2.40. The van der Waals surface area contributed by atoms with Gasteiger partial charge in [-0.25, -0.2) is 4.79 Å². The molecule has 0 heterocycles. The number of benzene rings is 1. The maximum absolute atomic E-state index is 13.9. The van der Waals surface area contributed by atoms with Crippen LogP contribution >= 0.6 is 0 Å². The molecule has 4 saturated carbocycles. The van der Waals surface area contributed by atoms with Crippen LogP contribution in [0.2, 0.25) is 0 Å². The van der Waals surface area contributed by atoms with Gasteiger partial charge in [0.05, 0.1) is 17.6 Å². The number of allylic oxidation sites excluding steroid dienone is 3. The number of aliphatic hydroxyl groups is 1. The average Bonchev–Trinajstić information content (AvgIpc) is 3.37. The third-order valence-corrected chi connectivity index (χ3v) is 14.9. The van der Waals surface area contributed by atoms with E-state index in [4.69, 9.17) is 0 Å². The van der Waals surface area contributed by atoms with Crippen LogP contribution in [-0.2, 0) is 4.79 Å². The lowest BCUT2D eigenvalue weighted by Crippen LogP contribution is -2.66. The normalized spacial score (nSPS) is 42.2. The lowest BCUT2D eigenvalue weighted by molar-refractivity contribution is -0.225. The summed E-state index contributed by atoms with van der Waals surface area (Å²) in [7, 11) is 0. The maximum Gasteiger partial charge on any atom is 0.335 e. The molecule has 0 aromatic heterocycles. The van der Waals surface area contributed by atoms with Gasteiger partial charge in [0.15, 0.2) is 0 Å². The van der Waals surface area contributed by atoms with Gasteiger partial charge in [0.25, 0.3) is 0 Å². The number of carboxylic acids is 1. The van der Waals surface area contributed by atoms with Gasteiger partial charge < -0.3 is 15.5 Å². The molecule has 240 valence electrons. The highest BCUT2D eigenvalue weighted by molar-refractivity contribution is 5.88. The van der Waals surface area contributed by atoms with Gasteiger partial charge in [0, 0.05) is 6.54 Å². The van der Waals surface area contributed by atoms with E-state index in [0.717, 1.165) is 37.7 Å². The first-order chi connectivity index (χ1) is 20.7. The average molecular weight is 602 g/mol. The van der Waals surface area contributed by atoms with Crippen LogP contribution in [0.25, 0.3) is 5.57 Å². The molecule has 5 heteroatoms. The monoisotopic (exact) mass is 601 g/mol. The van der Waals surface area contributed by atoms with E-state index in [1.165, 1.54) is 36.8 Å². The van der Waals surface area contributed by atoms with Crippen molar-refractivity contribution in [1.29, 1.82) is 0 Å². The number of carboxylic acid groups (broad SMARTS) is 1. The van der Waals surface area contributed by atoms with Crippen LogP contribution in [-0.4, -0.2) is 35.2 Å². The predicted molar refractivity (Wildman–Crippen MR) is 176 cm³/mol. The summed E-state index contributed by atoms with van der Waals surface area (Å²) < 4.78 is 0. The zero-order chi connectivity index (χ0) is 31.9. The van der Waals surface area contributed by atoms with Crippen molar-refractivity contribution in [2.24, 2.45) is 56.7 Å². The molecule has 0 bridgehead atoms. The SMILES string of the molecule is C=C(C)[C@@H]1CC[C@]2(C(=O)NCCO)CC[C@]3(C)[C@H](CCC4[C@@]5(C)CC=C(c6ccc(C(=O)O)cc6)C(C)(C)C5CC[C@]43C)C12. The van der Waals surface area contributed by atoms with E-state index in [1.807, 2.05) is 12.1 Å². The molecule has 1 aromatic carbocycles. The van der Waals surface area contributed by atoms with Gasteiger partial charge in [0.1, 0.15) is 0 Å². The van der Waals surface area contributed by atoms with Crippen LogP contribution < -0.4 is 5.32 Å². The number of hydrogen-bond acceptors (Lipinski definition) is 3. The van der Waals surface area contributed by atoms with Gasteiger partial charge in [-0.15, -0.1) is 0 Å². The molecule has 0 aliphatic heterocycles. The van der Waals surface area contributed by atoms with Crippen molar-refractivity contribution in [3.05, 3.63) is 53.6 Å². The van der Waals surface area contributed by atoms with Crippen LogP contribution in [0, 0.1) is 56.7 Å². The fraction of sp³-hybridized carbons (Fsp3) is 0.692. The van der Waals surface area contributed by atoms with Crippen molar-refractivity contribution in [3.8, 4) is 0 Å². The Morgan fingerprint density at radius 2 is 1.61 bits per heavy atom. The minimum absolute atomic E-state index is 0.0141. The first kappa shape index (κ1) is 31.6. The molecule has 6 rings (SSSR count). The molecule has 0 radical (unpaired) electrons. The van der Waals surface area contributed by atoms with Crippen LogP contribution in [0.3, 0.4) is 0 Å². The van der Waals surface area contributed by atoms with Crippen molar-refractivity contribution in [1.82, 2.24) is 5.32 Å². The van der Waals surface area contributed by atoms with Crippen LogP contribution in [0.15, 0.2) is 42.5 Å². The molecule has 1 aromatic rings. The number of fused-ring (bicyclic) bond motifs is 7. The summed E-state index contributed by atoms with van der Waals surface area (Å²) in [6.45, 7) is 19.6. The highest BCUT2D eigenvalue weighted by atomic mass is 16.4. The summed E-state index contributed by atoms with van der Waals surface area (Å²) >= 11 is 0. The summed E-state index contributed by atoms with van der Waals surface area (Å²) in [5.41, 5.74) is 4.29. The van der Waals surface area contributed by atoms with Crippen LogP contribution in [0.4, 0.5) is 0 Å². The molecule has 3 unspecified atom stereocenters. The van der Waals surface area contributed by atoms with Crippen molar-refractivity contribution in [2.75, 3.05) is 13.2 Å². The highest BCUT2D eigenvalue weighted by Crippen LogP contribution is 2.77. The van der Waals surface area contributed by atoms with E-state index in [0.29, 0.717) is 41.7 Å². The minimum atomic E-state index is -0.880. The fourth-order valence-electron chi connectivity index (χ4n) is 12.8. The number of carbonyl (C=O) groups excluding carboxylic acids is 1. The highest BCUT2D eigenvalue weighted by Gasteiger charge is 2.71. The smallest absolute Gasteiger partial charge is 0.335 e. The lowest BCUT2D eigenvalue weighted by Gasteiger charge is -2.72. The molecule has 5 aliphatic carbocycles. The van der Waals surface area contributed by atoms with Gasteiger partial charge in [-0.05, 0) is 139 Å². The summed E-state index contributed by atoms with van der Waals surface area (Å²) in [6, 6.07) is 7.50. The Kier molecular flexibility index (Phi) is 7.59. The fourth-order valence-corrected chi connectivity index (χ4v) is 12.8. The molecular formula is C39H55NO4. The third-order valence-electron chi connectivity index (χ3n) is 14.9. The minimum Gasteiger partial charge on any atom is -0.478 e. The zero-order valence-corrected chi connectivity index (χ0v) is 28.0. The number of rotatable bonds is 6. The van der Waals surface area contributed by atoms with Gasteiger partial charge in [-0.2, -0.15) is 0 Å². The molecular weight excluding hydrogens is 546 g/mol. The quantitative estimate of drug-likeness (QED) is 0.287. The Balaban J connectivity index is 1.35. The summed E-state index contributed by atoms with van der Waals surface area (Å²) in [5.74, 6) is 1.66. The van der Waals surface area contributed by atoms with Crippen molar-refractivity contribution < 1.29 is 19.8 Å². The molecule has 0 spiro atoms. The molecule has 5 aliphatic rings. The van der Waals surface area contributed by atoms with Gasteiger partial charge in [0.2, 0.25) is 5.91 Å². The number of aromatic carboxylic acids is 1. The van der Waals surface area contributed by atoms with Gasteiger partial charge in [-0.3, -0.25) is 4.79 Å². The molecule has 5 nitrogen and oxygen atoms in total. The molecule has 0 saturated heterocycles. The number of nitrogens with one attached hydrogen (secondary N) is 1. The van der Waals surface area contributed by atoms with Crippen LogP contribution in [0.5, 0.6) is 0 Å². The number of amides is 1. The molecule has 3 N–H and O–H groups in total. The van der Waals surface area contributed by atoms with E-state index in [9.17, 15) is 19.8 Å². The lowest BCUT2D eigenvalue weighted by atomic mass is 9.32. The Labute approximate surface area is 265 Å². The number of hydrogen-bond donors (Lipinski definition) is 3. The largest absolute Gasteiger partial charge is 0.478 e. The maximum atomic E-state index is 13.9. The van der Waals surface area contributed by atoms with Crippen molar-refractivity contribution in [3.63, 3.8) is 0 Å². The van der Waals surface area contributed by atoms with Crippen LogP contribution in [0.1, 0.15) is 115 Å². The summed E-state index contributed by atoms with van der Waals surface area (Å²) in [6.07, 6.45) is 12.4. The Morgan fingerprint density at radius 3 is 2.25 bits per heavy atom. The molecule has 44 heavy (non-hydrogen) atoms.